The maximum absolute atomic E-state index is 13.8. The highest BCUT2D eigenvalue weighted by Gasteiger charge is 2.22. The zero-order valence-electron chi connectivity index (χ0n) is 9.28. The quantitative estimate of drug-likeness (QED) is 0.888. The Labute approximate surface area is 121 Å². The van der Waals surface area contributed by atoms with Crippen LogP contribution in [0.25, 0.3) is 0 Å². The Morgan fingerprint density at radius 2 is 2.22 bits per heavy atom. The number of hydrogen-bond donors (Lipinski definition) is 1. The molecule has 0 saturated heterocycles. The maximum Gasteiger partial charge on any atom is 0.133 e. The van der Waals surface area contributed by atoms with Crippen molar-refractivity contribution in [2.45, 2.75) is 6.10 Å². The molecule has 18 heavy (non-hydrogen) atoms. The SMILES string of the molecule is COc1cccc(F)c1C(O)c1cc(Cl)c(Br)s1. The van der Waals surface area contributed by atoms with Gasteiger partial charge in [-0.2, -0.15) is 0 Å². The summed E-state index contributed by atoms with van der Waals surface area (Å²) in [6.45, 7) is 0. The van der Waals surface area contributed by atoms with Crippen molar-refractivity contribution in [3.8, 4) is 5.75 Å². The van der Waals surface area contributed by atoms with E-state index in [-0.39, 0.29) is 5.56 Å². The predicted molar refractivity (Wildman–Crippen MR) is 74.0 cm³/mol. The molecule has 6 heteroatoms. The fourth-order valence-corrected chi connectivity index (χ4v) is 3.34. The number of aliphatic hydroxyl groups is 1. The number of ether oxygens (including phenoxy) is 1. The van der Waals surface area contributed by atoms with Crippen molar-refractivity contribution in [2.75, 3.05) is 7.11 Å². The van der Waals surface area contributed by atoms with E-state index in [4.69, 9.17) is 16.3 Å². The lowest BCUT2D eigenvalue weighted by molar-refractivity contribution is 0.212. The van der Waals surface area contributed by atoms with Crippen LogP contribution in [0.4, 0.5) is 4.39 Å². The standard InChI is InChI=1S/C12H9BrClFO2S/c1-17-8-4-2-3-7(15)10(8)11(16)9-5-6(14)12(13)18-9/h2-5,11,16H,1H3. The van der Waals surface area contributed by atoms with Crippen LogP contribution in [0.2, 0.25) is 5.02 Å². The fourth-order valence-electron chi connectivity index (χ4n) is 1.60. The molecule has 0 saturated carbocycles. The summed E-state index contributed by atoms with van der Waals surface area (Å²) >= 11 is 10.4. The van der Waals surface area contributed by atoms with Gasteiger partial charge in [0, 0.05) is 4.88 Å². The Morgan fingerprint density at radius 1 is 1.50 bits per heavy atom. The molecule has 2 nitrogen and oxygen atoms in total. The van der Waals surface area contributed by atoms with Gasteiger partial charge in [0.05, 0.1) is 21.5 Å². The van der Waals surface area contributed by atoms with Gasteiger partial charge in [0.2, 0.25) is 0 Å². The highest BCUT2D eigenvalue weighted by atomic mass is 79.9. The van der Waals surface area contributed by atoms with Crippen LogP contribution in [0.5, 0.6) is 5.75 Å². The van der Waals surface area contributed by atoms with Gasteiger partial charge in [-0.3, -0.25) is 0 Å². The van der Waals surface area contributed by atoms with Crippen LogP contribution >= 0.6 is 38.9 Å². The van der Waals surface area contributed by atoms with E-state index in [2.05, 4.69) is 15.9 Å². The van der Waals surface area contributed by atoms with Gasteiger partial charge in [-0.25, -0.2) is 4.39 Å². The van der Waals surface area contributed by atoms with Crippen molar-refractivity contribution in [2.24, 2.45) is 0 Å². The summed E-state index contributed by atoms with van der Waals surface area (Å²) in [4.78, 5) is 0.551. The molecule has 1 atom stereocenters. The van der Waals surface area contributed by atoms with Crippen LogP contribution in [0, 0.1) is 5.82 Å². The number of thiophene rings is 1. The number of halogens is 3. The molecular weight excluding hydrogens is 343 g/mol. The van der Waals surface area contributed by atoms with Gasteiger partial charge in [0.25, 0.3) is 0 Å². The molecule has 0 radical (unpaired) electrons. The third-order valence-electron chi connectivity index (χ3n) is 2.44. The molecule has 1 heterocycles. The van der Waals surface area contributed by atoms with Gasteiger partial charge >= 0.3 is 0 Å². The van der Waals surface area contributed by atoms with Crippen molar-refractivity contribution >= 4 is 38.9 Å². The first kappa shape index (κ1) is 13.8. The maximum atomic E-state index is 13.8. The number of methoxy groups -OCH3 is 1. The van der Waals surface area contributed by atoms with E-state index in [1.807, 2.05) is 0 Å². The molecule has 0 amide bonds. The Kier molecular flexibility index (Phi) is 4.27. The van der Waals surface area contributed by atoms with E-state index in [0.29, 0.717) is 19.4 Å². The van der Waals surface area contributed by atoms with Gasteiger partial charge in [-0.1, -0.05) is 17.7 Å². The Bertz CT molecular complexity index is 554. The summed E-state index contributed by atoms with van der Waals surface area (Å²) in [5.74, 6) is -0.203. The normalized spacial score (nSPS) is 12.5. The van der Waals surface area contributed by atoms with E-state index in [1.54, 1.807) is 12.1 Å². The molecule has 0 fully saturated rings. The molecule has 0 bridgehead atoms. The van der Waals surface area contributed by atoms with E-state index in [0.717, 1.165) is 0 Å². The molecule has 0 aliphatic rings. The van der Waals surface area contributed by atoms with E-state index in [1.165, 1.54) is 30.6 Å². The molecule has 96 valence electrons. The first-order valence-electron chi connectivity index (χ1n) is 4.99. The summed E-state index contributed by atoms with van der Waals surface area (Å²) in [5, 5.41) is 10.7. The first-order valence-corrected chi connectivity index (χ1v) is 6.98. The van der Waals surface area contributed by atoms with Crippen molar-refractivity contribution in [3.63, 3.8) is 0 Å². The second kappa shape index (κ2) is 5.57. The van der Waals surface area contributed by atoms with E-state index < -0.39 is 11.9 Å². The molecule has 1 unspecified atom stereocenters. The van der Waals surface area contributed by atoms with Gasteiger partial charge in [0.15, 0.2) is 0 Å². The molecule has 1 N–H and O–H groups in total. The monoisotopic (exact) mass is 350 g/mol. The van der Waals surface area contributed by atoms with Crippen LogP contribution in [0.15, 0.2) is 28.1 Å². The molecular formula is C12H9BrClFO2S. The number of aliphatic hydroxyl groups excluding tert-OH is 1. The lowest BCUT2D eigenvalue weighted by atomic mass is 10.1. The van der Waals surface area contributed by atoms with Crippen LogP contribution < -0.4 is 4.74 Å². The van der Waals surface area contributed by atoms with Gasteiger partial charge in [-0.05, 0) is 34.1 Å². The average Bonchev–Trinajstić information content (AvgIpc) is 2.68. The summed E-state index contributed by atoms with van der Waals surface area (Å²) in [7, 11) is 1.43. The van der Waals surface area contributed by atoms with Crippen LogP contribution in [-0.4, -0.2) is 12.2 Å². The summed E-state index contributed by atoms with van der Waals surface area (Å²) in [6, 6.07) is 6.02. The fraction of sp³-hybridized carbons (Fsp3) is 0.167. The Hall–Kier alpha value is -0.620. The van der Waals surface area contributed by atoms with Gasteiger partial charge in [0.1, 0.15) is 17.7 Å². The lowest BCUT2D eigenvalue weighted by Crippen LogP contribution is -2.03. The topological polar surface area (TPSA) is 29.5 Å². The van der Waals surface area contributed by atoms with Crippen molar-refractivity contribution < 1.29 is 14.2 Å². The Morgan fingerprint density at radius 3 is 2.78 bits per heavy atom. The molecule has 1 aromatic heterocycles. The molecule has 1 aromatic carbocycles. The van der Waals surface area contributed by atoms with E-state index >= 15 is 0 Å². The molecule has 0 aliphatic carbocycles. The van der Waals surface area contributed by atoms with E-state index in [9.17, 15) is 9.50 Å². The van der Waals surface area contributed by atoms with Crippen LogP contribution in [-0.2, 0) is 0 Å². The first-order chi connectivity index (χ1) is 8.54. The molecule has 2 rings (SSSR count). The molecule has 0 aliphatic heterocycles. The zero-order valence-corrected chi connectivity index (χ0v) is 12.4. The lowest BCUT2D eigenvalue weighted by Gasteiger charge is -2.14. The number of rotatable bonds is 3. The predicted octanol–water partition coefficient (Wildman–Crippen LogP) is 4.39. The largest absolute Gasteiger partial charge is 0.496 e. The summed E-state index contributed by atoms with van der Waals surface area (Å²) in [6.07, 6.45) is -1.10. The highest BCUT2D eigenvalue weighted by Crippen LogP contribution is 2.40. The molecule has 0 spiro atoms. The zero-order chi connectivity index (χ0) is 13.3. The average molecular weight is 352 g/mol. The second-order valence-corrected chi connectivity index (χ2v) is 6.34. The van der Waals surface area contributed by atoms with Crippen LogP contribution in [0.3, 0.4) is 0 Å². The summed E-state index contributed by atoms with van der Waals surface area (Å²) < 4.78 is 19.6. The van der Waals surface area contributed by atoms with Gasteiger partial charge in [-0.15, -0.1) is 11.3 Å². The van der Waals surface area contributed by atoms with Crippen molar-refractivity contribution in [1.82, 2.24) is 0 Å². The number of benzene rings is 1. The Balaban J connectivity index is 2.48. The minimum atomic E-state index is -1.10. The number of hydrogen-bond acceptors (Lipinski definition) is 3. The minimum absolute atomic E-state index is 0.116. The summed E-state index contributed by atoms with van der Waals surface area (Å²) in [5.41, 5.74) is 0.116. The smallest absolute Gasteiger partial charge is 0.133 e. The minimum Gasteiger partial charge on any atom is -0.496 e. The third-order valence-corrected chi connectivity index (χ3v) is 4.97. The molecule has 2 aromatic rings. The third kappa shape index (κ3) is 2.54. The van der Waals surface area contributed by atoms with Crippen molar-refractivity contribution in [3.05, 3.63) is 49.3 Å². The second-order valence-electron chi connectivity index (χ2n) is 3.53. The van der Waals surface area contributed by atoms with Crippen LogP contribution in [0.1, 0.15) is 16.5 Å². The highest BCUT2D eigenvalue weighted by molar-refractivity contribution is 9.11. The van der Waals surface area contributed by atoms with Crippen molar-refractivity contribution in [1.29, 1.82) is 0 Å². The van der Waals surface area contributed by atoms with Gasteiger partial charge < -0.3 is 9.84 Å².